The molecule has 220 valence electrons. The summed E-state index contributed by atoms with van der Waals surface area (Å²) in [7, 11) is 0. The van der Waals surface area contributed by atoms with E-state index in [4.69, 9.17) is 0 Å². The van der Waals surface area contributed by atoms with Gasteiger partial charge in [-0.25, -0.2) is 0 Å². The fourth-order valence-electron chi connectivity index (χ4n) is 4.77. The number of aliphatic hydroxyl groups excluding tert-OH is 3. The van der Waals surface area contributed by atoms with E-state index in [1.165, 1.54) is 109 Å². The van der Waals surface area contributed by atoms with E-state index in [0.29, 0.717) is 6.42 Å². The highest BCUT2D eigenvalue weighted by molar-refractivity contribution is 5.80. The molecule has 0 heterocycles. The highest BCUT2D eigenvalue weighted by atomic mass is 16.3. The van der Waals surface area contributed by atoms with Crippen LogP contribution >= 0.6 is 0 Å². The van der Waals surface area contributed by atoms with Crippen LogP contribution in [0.4, 0.5) is 0 Å². The Labute approximate surface area is 229 Å². The first-order valence-corrected chi connectivity index (χ1v) is 16.0. The van der Waals surface area contributed by atoms with E-state index in [2.05, 4.69) is 19.2 Å². The number of rotatable bonds is 28. The molecule has 0 radical (unpaired) electrons. The number of hydrogen-bond acceptors (Lipinski definition) is 4. The minimum Gasteiger partial charge on any atom is -0.394 e. The summed E-state index contributed by atoms with van der Waals surface area (Å²) < 4.78 is 0. The van der Waals surface area contributed by atoms with Crippen molar-refractivity contribution in [2.24, 2.45) is 0 Å². The maximum atomic E-state index is 12.3. The third-order valence-corrected chi connectivity index (χ3v) is 7.38. The molecule has 3 atom stereocenters. The van der Waals surface area contributed by atoms with Crippen molar-refractivity contribution in [2.45, 2.75) is 180 Å². The zero-order valence-electron chi connectivity index (χ0n) is 24.6. The van der Waals surface area contributed by atoms with Gasteiger partial charge >= 0.3 is 0 Å². The largest absolute Gasteiger partial charge is 0.394 e. The van der Waals surface area contributed by atoms with Gasteiger partial charge in [-0.2, -0.15) is 0 Å². The van der Waals surface area contributed by atoms with Crippen LogP contribution in [0.15, 0.2) is 12.2 Å². The van der Waals surface area contributed by atoms with Crippen LogP contribution in [0.1, 0.15) is 162 Å². The quantitative estimate of drug-likeness (QED) is 0.0621. The van der Waals surface area contributed by atoms with Gasteiger partial charge in [-0.1, -0.05) is 154 Å². The lowest BCUT2D eigenvalue weighted by atomic mass is 10.0. The fraction of sp³-hybridized carbons (Fsp3) is 0.906. The first-order valence-electron chi connectivity index (χ1n) is 16.0. The molecule has 37 heavy (non-hydrogen) atoms. The zero-order valence-corrected chi connectivity index (χ0v) is 24.6. The first kappa shape index (κ1) is 36.1. The van der Waals surface area contributed by atoms with Crippen LogP contribution in [0.3, 0.4) is 0 Å². The molecular weight excluding hydrogens is 462 g/mol. The molecule has 5 nitrogen and oxygen atoms in total. The van der Waals surface area contributed by atoms with Crippen molar-refractivity contribution in [3.63, 3.8) is 0 Å². The number of carbonyl (C=O) groups is 1. The van der Waals surface area contributed by atoms with Crippen molar-refractivity contribution in [1.82, 2.24) is 5.32 Å². The summed E-state index contributed by atoms with van der Waals surface area (Å²) >= 11 is 0. The van der Waals surface area contributed by atoms with Gasteiger partial charge < -0.3 is 20.6 Å². The number of carbonyl (C=O) groups excluding carboxylic acids is 1. The van der Waals surface area contributed by atoms with Gasteiger partial charge in [-0.3, -0.25) is 4.79 Å². The average molecular weight is 526 g/mol. The van der Waals surface area contributed by atoms with Gasteiger partial charge in [0.15, 0.2) is 0 Å². The molecular formula is C32H63NO4. The van der Waals surface area contributed by atoms with E-state index < -0.39 is 24.2 Å². The molecule has 0 saturated carbocycles. The Hall–Kier alpha value is -0.910. The van der Waals surface area contributed by atoms with Crippen LogP contribution < -0.4 is 5.32 Å². The average Bonchev–Trinajstić information content (AvgIpc) is 2.90. The number of allylic oxidation sites excluding steroid dienone is 1. The number of nitrogens with one attached hydrogen (secondary N) is 1. The molecule has 0 aromatic carbocycles. The molecule has 0 spiro atoms. The first-order chi connectivity index (χ1) is 18.1. The van der Waals surface area contributed by atoms with Crippen molar-refractivity contribution in [1.29, 1.82) is 0 Å². The molecule has 3 unspecified atom stereocenters. The van der Waals surface area contributed by atoms with Crippen molar-refractivity contribution >= 4 is 5.91 Å². The molecule has 5 heteroatoms. The Morgan fingerprint density at radius 1 is 0.649 bits per heavy atom. The Morgan fingerprint density at radius 2 is 1.05 bits per heavy atom. The Balaban J connectivity index is 3.78. The topological polar surface area (TPSA) is 89.8 Å². The van der Waals surface area contributed by atoms with E-state index in [-0.39, 0.29) is 6.61 Å². The maximum Gasteiger partial charge on any atom is 0.249 e. The van der Waals surface area contributed by atoms with Crippen molar-refractivity contribution in [3.05, 3.63) is 12.2 Å². The Morgan fingerprint density at radius 3 is 1.49 bits per heavy atom. The van der Waals surface area contributed by atoms with Crippen molar-refractivity contribution in [2.75, 3.05) is 6.61 Å². The zero-order chi connectivity index (χ0) is 27.4. The van der Waals surface area contributed by atoms with Crippen LogP contribution in [0.25, 0.3) is 0 Å². The van der Waals surface area contributed by atoms with Gasteiger partial charge in [-0.15, -0.1) is 0 Å². The standard InChI is InChI=1S/C32H63NO4/c1-3-5-7-9-11-13-14-15-16-17-18-19-21-22-24-26-30(35)29(28-34)33-32(37)31(36)27-25-23-20-12-10-8-6-4-2/h24,26,29-31,34-36H,3-23,25,27-28H2,1-2H3,(H,33,37)/b26-24+. The lowest BCUT2D eigenvalue weighted by Crippen LogP contribution is -2.48. The van der Waals surface area contributed by atoms with Crippen LogP contribution in [-0.2, 0) is 4.79 Å². The molecule has 4 N–H and O–H groups in total. The fourth-order valence-corrected chi connectivity index (χ4v) is 4.77. The Bertz CT molecular complexity index is 511. The van der Waals surface area contributed by atoms with Crippen molar-refractivity contribution in [3.8, 4) is 0 Å². The van der Waals surface area contributed by atoms with Crippen LogP contribution in [0.2, 0.25) is 0 Å². The summed E-state index contributed by atoms with van der Waals surface area (Å²) in [6, 6.07) is -0.788. The van der Waals surface area contributed by atoms with E-state index in [9.17, 15) is 20.1 Å². The van der Waals surface area contributed by atoms with Gasteiger partial charge in [0.05, 0.1) is 18.8 Å². The molecule has 0 saturated heterocycles. The van der Waals surface area contributed by atoms with Gasteiger partial charge in [0.1, 0.15) is 6.10 Å². The second-order valence-electron chi connectivity index (χ2n) is 11.0. The van der Waals surface area contributed by atoms with E-state index in [1.807, 2.05) is 6.08 Å². The van der Waals surface area contributed by atoms with Crippen LogP contribution in [0, 0.1) is 0 Å². The number of unbranched alkanes of at least 4 members (excludes halogenated alkanes) is 20. The monoisotopic (exact) mass is 525 g/mol. The van der Waals surface area contributed by atoms with E-state index in [1.54, 1.807) is 6.08 Å². The smallest absolute Gasteiger partial charge is 0.249 e. The molecule has 0 fully saturated rings. The molecule has 0 bridgehead atoms. The molecule has 0 rings (SSSR count). The van der Waals surface area contributed by atoms with Crippen LogP contribution in [0.5, 0.6) is 0 Å². The summed E-state index contributed by atoms with van der Waals surface area (Å²) in [5, 5.41) is 32.7. The summed E-state index contributed by atoms with van der Waals surface area (Å²) in [6.45, 7) is 4.12. The van der Waals surface area contributed by atoms with Gasteiger partial charge in [0, 0.05) is 0 Å². The highest BCUT2D eigenvalue weighted by Gasteiger charge is 2.22. The lowest BCUT2D eigenvalue weighted by molar-refractivity contribution is -0.131. The second-order valence-corrected chi connectivity index (χ2v) is 11.0. The third kappa shape index (κ3) is 23.9. The maximum absolute atomic E-state index is 12.3. The summed E-state index contributed by atoms with van der Waals surface area (Å²) in [5.41, 5.74) is 0. The molecule has 0 aliphatic heterocycles. The molecule has 0 aromatic heterocycles. The van der Waals surface area contributed by atoms with E-state index >= 15 is 0 Å². The Kier molecular flexibility index (Phi) is 27.4. The highest BCUT2D eigenvalue weighted by Crippen LogP contribution is 2.14. The minimum absolute atomic E-state index is 0.361. The molecule has 0 aromatic rings. The minimum atomic E-state index is -1.09. The number of aliphatic hydroxyl groups is 3. The summed E-state index contributed by atoms with van der Waals surface area (Å²) in [4.78, 5) is 12.3. The van der Waals surface area contributed by atoms with Crippen LogP contribution in [-0.4, -0.2) is 46.1 Å². The predicted octanol–water partition coefficient (Wildman–Crippen LogP) is 7.75. The van der Waals surface area contributed by atoms with Gasteiger partial charge in [0.25, 0.3) is 0 Å². The van der Waals surface area contributed by atoms with E-state index in [0.717, 1.165) is 32.1 Å². The van der Waals surface area contributed by atoms with Gasteiger partial charge in [0.2, 0.25) is 5.91 Å². The summed E-state index contributed by atoms with van der Waals surface area (Å²) in [5.74, 6) is -0.508. The third-order valence-electron chi connectivity index (χ3n) is 7.38. The molecule has 1 amide bonds. The molecule has 0 aliphatic carbocycles. The second kappa shape index (κ2) is 28.1. The van der Waals surface area contributed by atoms with Gasteiger partial charge in [-0.05, 0) is 19.3 Å². The SMILES string of the molecule is CCCCCCCCCCCCCCC/C=C/C(O)C(CO)NC(=O)C(O)CCCCCCCCCC. The lowest BCUT2D eigenvalue weighted by Gasteiger charge is -2.21. The number of amides is 1. The molecule has 0 aliphatic rings. The number of hydrogen-bond donors (Lipinski definition) is 4. The van der Waals surface area contributed by atoms with Crippen molar-refractivity contribution < 1.29 is 20.1 Å². The predicted molar refractivity (Wildman–Crippen MR) is 158 cm³/mol. The summed E-state index contributed by atoms with van der Waals surface area (Å²) in [6.07, 6.45) is 29.4. The normalized spacial score (nSPS) is 14.2.